The second-order valence-corrected chi connectivity index (χ2v) is 5.96. The van der Waals surface area contributed by atoms with Gasteiger partial charge in [-0.2, -0.15) is 0 Å². The third-order valence-electron chi connectivity index (χ3n) is 2.83. The molecule has 0 saturated heterocycles. The standard InChI is InChI=1S/C13H18N4OS/c1-7(2)17-10(18)5-14-12-11-8(3)9(4)19-13(11)16-6-15-12/h6-7H,5H2,1-4H3,(H,17,18)(H,14,15,16). The number of anilines is 1. The third-order valence-corrected chi connectivity index (χ3v) is 3.95. The van der Waals surface area contributed by atoms with Gasteiger partial charge in [-0.05, 0) is 33.3 Å². The molecule has 0 aliphatic carbocycles. The summed E-state index contributed by atoms with van der Waals surface area (Å²) in [6.07, 6.45) is 1.53. The number of thiophene rings is 1. The van der Waals surface area contributed by atoms with Gasteiger partial charge in [0, 0.05) is 10.9 Å². The summed E-state index contributed by atoms with van der Waals surface area (Å²) in [5, 5.41) is 6.95. The molecule has 0 aliphatic heterocycles. The molecule has 0 unspecified atom stereocenters. The molecule has 0 bridgehead atoms. The van der Waals surface area contributed by atoms with E-state index in [0.717, 1.165) is 16.0 Å². The number of carbonyl (C=O) groups is 1. The number of aromatic nitrogens is 2. The zero-order valence-corrected chi connectivity index (χ0v) is 12.4. The lowest BCUT2D eigenvalue weighted by molar-refractivity contribution is -0.119. The lowest BCUT2D eigenvalue weighted by Gasteiger charge is -2.10. The molecule has 5 nitrogen and oxygen atoms in total. The maximum absolute atomic E-state index is 11.6. The molecule has 102 valence electrons. The molecule has 0 saturated carbocycles. The molecule has 1 amide bonds. The van der Waals surface area contributed by atoms with Crippen LogP contribution >= 0.6 is 11.3 Å². The number of nitrogens with one attached hydrogen (secondary N) is 2. The van der Waals surface area contributed by atoms with Crippen LogP contribution in [0.5, 0.6) is 0 Å². The Morgan fingerprint density at radius 3 is 2.79 bits per heavy atom. The molecule has 2 heterocycles. The highest BCUT2D eigenvalue weighted by Gasteiger charge is 2.12. The van der Waals surface area contributed by atoms with Crippen molar-refractivity contribution in [3.8, 4) is 0 Å². The SMILES string of the molecule is Cc1sc2ncnc(NCC(=O)NC(C)C)c2c1C. The smallest absolute Gasteiger partial charge is 0.239 e. The summed E-state index contributed by atoms with van der Waals surface area (Å²) in [6, 6.07) is 0.143. The van der Waals surface area contributed by atoms with Gasteiger partial charge in [-0.3, -0.25) is 4.79 Å². The van der Waals surface area contributed by atoms with Gasteiger partial charge in [-0.25, -0.2) is 9.97 Å². The van der Waals surface area contributed by atoms with Crippen LogP contribution in [-0.4, -0.2) is 28.5 Å². The minimum atomic E-state index is -0.0358. The number of carbonyl (C=O) groups excluding carboxylic acids is 1. The van der Waals surface area contributed by atoms with Gasteiger partial charge in [0.25, 0.3) is 0 Å². The van der Waals surface area contributed by atoms with Gasteiger partial charge < -0.3 is 10.6 Å². The Hall–Kier alpha value is -1.69. The van der Waals surface area contributed by atoms with E-state index >= 15 is 0 Å². The van der Waals surface area contributed by atoms with Crippen LogP contribution in [0.15, 0.2) is 6.33 Å². The van der Waals surface area contributed by atoms with E-state index in [1.807, 2.05) is 13.8 Å². The van der Waals surface area contributed by atoms with E-state index in [0.29, 0.717) is 0 Å². The van der Waals surface area contributed by atoms with E-state index in [2.05, 4.69) is 34.4 Å². The molecule has 0 radical (unpaired) electrons. The van der Waals surface area contributed by atoms with Gasteiger partial charge in [0.15, 0.2) is 0 Å². The first kappa shape index (κ1) is 13.7. The lowest BCUT2D eigenvalue weighted by Crippen LogP contribution is -2.35. The summed E-state index contributed by atoms with van der Waals surface area (Å²) in [7, 11) is 0. The molecule has 19 heavy (non-hydrogen) atoms. The summed E-state index contributed by atoms with van der Waals surface area (Å²) < 4.78 is 0. The molecular weight excluding hydrogens is 260 g/mol. The second kappa shape index (κ2) is 5.52. The first-order valence-electron chi connectivity index (χ1n) is 6.23. The van der Waals surface area contributed by atoms with Gasteiger partial charge >= 0.3 is 0 Å². The van der Waals surface area contributed by atoms with Crippen molar-refractivity contribution in [2.45, 2.75) is 33.7 Å². The second-order valence-electron chi connectivity index (χ2n) is 4.76. The van der Waals surface area contributed by atoms with Crippen LogP contribution in [0.25, 0.3) is 10.2 Å². The van der Waals surface area contributed by atoms with Gasteiger partial charge in [0.1, 0.15) is 17.0 Å². The first-order valence-corrected chi connectivity index (χ1v) is 7.04. The Kier molecular flexibility index (Phi) is 3.99. The van der Waals surface area contributed by atoms with Crippen LogP contribution in [-0.2, 0) is 4.79 Å². The fraction of sp³-hybridized carbons (Fsp3) is 0.462. The molecule has 6 heteroatoms. The largest absolute Gasteiger partial charge is 0.360 e. The number of aryl methyl sites for hydroxylation is 2. The summed E-state index contributed by atoms with van der Waals surface area (Å²) in [6.45, 7) is 8.22. The fourth-order valence-electron chi connectivity index (χ4n) is 1.85. The van der Waals surface area contributed by atoms with E-state index in [-0.39, 0.29) is 18.5 Å². The predicted octanol–water partition coefficient (Wildman–Crippen LogP) is 2.24. The van der Waals surface area contributed by atoms with Crippen molar-refractivity contribution in [1.82, 2.24) is 15.3 Å². The Labute approximate surface area is 116 Å². The van der Waals surface area contributed by atoms with E-state index in [1.54, 1.807) is 11.3 Å². The Bertz CT molecular complexity index is 606. The van der Waals surface area contributed by atoms with E-state index in [1.165, 1.54) is 16.8 Å². The van der Waals surface area contributed by atoms with Crippen molar-refractivity contribution >= 4 is 33.3 Å². The molecular formula is C13H18N4OS. The monoisotopic (exact) mass is 278 g/mol. The molecule has 2 rings (SSSR count). The van der Waals surface area contributed by atoms with Gasteiger partial charge in [-0.15, -0.1) is 11.3 Å². The third kappa shape index (κ3) is 3.01. The Balaban J connectivity index is 2.19. The number of nitrogens with zero attached hydrogens (tertiary/aromatic N) is 2. The molecule has 0 aliphatic rings. The fourth-order valence-corrected chi connectivity index (χ4v) is 2.85. The minimum Gasteiger partial charge on any atom is -0.360 e. The highest BCUT2D eigenvalue weighted by Crippen LogP contribution is 2.32. The van der Waals surface area contributed by atoms with Crippen molar-refractivity contribution in [2.24, 2.45) is 0 Å². The van der Waals surface area contributed by atoms with E-state index in [4.69, 9.17) is 0 Å². The summed E-state index contributed by atoms with van der Waals surface area (Å²) in [4.78, 5) is 22.3. The molecule has 0 atom stereocenters. The average molecular weight is 278 g/mol. The number of amides is 1. The van der Waals surface area contributed by atoms with Crippen LogP contribution in [0.1, 0.15) is 24.3 Å². The molecule has 0 spiro atoms. The van der Waals surface area contributed by atoms with Crippen LogP contribution in [0.2, 0.25) is 0 Å². The van der Waals surface area contributed by atoms with Crippen LogP contribution in [0.3, 0.4) is 0 Å². The van der Waals surface area contributed by atoms with Crippen LogP contribution < -0.4 is 10.6 Å². The molecule has 2 N–H and O–H groups in total. The van der Waals surface area contributed by atoms with Crippen LogP contribution in [0, 0.1) is 13.8 Å². The predicted molar refractivity (Wildman–Crippen MR) is 78.7 cm³/mol. The van der Waals surface area contributed by atoms with E-state index < -0.39 is 0 Å². The molecule has 0 aromatic carbocycles. The minimum absolute atomic E-state index is 0.0358. The Morgan fingerprint density at radius 1 is 1.37 bits per heavy atom. The summed E-state index contributed by atoms with van der Waals surface area (Å²) in [5.74, 6) is 0.692. The zero-order chi connectivity index (χ0) is 14.0. The summed E-state index contributed by atoms with van der Waals surface area (Å²) >= 11 is 1.65. The molecule has 2 aromatic rings. The number of fused-ring (bicyclic) bond motifs is 1. The zero-order valence-electron chi connectivity index (χ0n) is 11.6. The number of rotatable bonds is 4. The first-order chi connectivity index (χ1) is 8.99. The maximum atomic E-state index is 11.6. The molecule has 0 fully saturated rings. The van der Waals surface area contributed by atoms with Crippen molar-refractivity contribution in [1.29, 1.82) is 0 Å². The van der Waals surface area contributed by atoms with E-state index in [9.17, 15) is 4.79 Å². The average Bonchev–Trinajstić information content (AvgIpc) is 2.62. The molecule has 2 aromatic heterocycles. The number of hydrogen-bond donors (Lipinski definition) is 2. The van der Waals surface area contributed by atoms with Crippen molar-refractivity contribution in [2.75, 3.05) is 11.9 Å². The number of hydrogen-bond acceptors (Lipinski definition) is 5. The van der Waals surface area contributed by atoms with Gasteiger partial charge in [0.05, 0.1) is 11.9 Å². The van der Waals surface area contributed by atoms with Crippen molar-refractivity contribution in [3.05, 3.63) is 16.8 Å². The summed E-state index contributed by atoms with van der Waals surface area (Å²) in [5.41, 5.74) is 1.17. The van der Waals surface area contributed by atoms with Gasteiger partial charge in [-0.1, -0.05) is 0 Å². The normalized spacial score (nSPS) is 11.0. The van der Waals surface area contributed by atoms with Crippen LogP contribution in [0.4, 0.5) is 5.82 Å². The van der Waals surface area contributed by atoms with Crippen molar-refractivity contribution in [3.63, 3.8) is 0 Å². The maximum Gasteiger partial charge on any atom is 0.239 e. The quantitative estimate of drug-likeness (QED) is 0.900. The van der Waals surface area contributed by atoms with Gasteiger partial charge in [0.2, 0.25) is 5.91 Å². The van der Waals surface area contributed by atoms with Crippen molar-refractivity contribution < 1.29 is 4.79 Å². The highest BCUT2D eigenvalue weighted by molar-refractivity contribution is 7.18. The Morgan fingerprint density at radius 2 is 2.11 bits per heavy atom. The lowest BCUT2D eigenvalue weighted by atomic mass is 10.2. The topological polar surface area (TPSA) is 66.9 Å². The highest BCUT2D eigenvalue weighted by atomic mass is 32.1.